The van der Waals surface area contributed by atoms with E-state index in [1.165, 1.54) is 6.26 Å². The minimum Gasteiger partial charge on any atom is -0.496 e. The normalized spacial score (nSPS) is 12.2. The summed E-state index contributed by atoms with van der Waals surface area (Å²) in [5, 5.41) is 8.84. The predicted molar refractivity (Wildman–Crippen MR) is 119 cm³/mol. The zero-order valence-corrected chi connectivity index (χ0v) is 18.2. The molecule has 32 heavy (non-hydrogen) atoms. The molecular weight excluding hydrogens is 408 g/mol. The minimum atomic E-state index is -0.241. The Kier molecular flexibility index (Phi) is 6.61. The third-order valence-electron chi connectivity index (χ3n) is 5.47. The Hall–Kier alpha value is -3.52. The van der Waals surface area contributed by atoms with Gasteiger partial charge < -0.3 is 19.5 Å². The van der Waals surface area contributed by atoms with Gasteiger partial charge >= 0.3 is 0 Å². The van der Waals surface area contributed by atoms with E-state index in [0.29, 0.717) is 29.3 Å². The number of methoxy groups -OCH3 is 1. The molecule has 0 fully saturated rings. The summed E-state index contributed by atoms with van der Waals surface area (Å²) in [7, 11) is 1.62. The molecule has 0 bridgehead atoms. The van der Waals surface area contributed by atoms with Gasteiger partial charge in [-0.1, -0.05) is 29.2 Å². The number of Topliss-reactive ketones (excluding diaryl/α,β-unsaturated/α-hetero) is 1. The van der Waals surface area contributed by atoms with Crippen LogP contribution in [0.5, 0.6) is 5.75 Å². The number of aryl methyl sites for hydroxylation is 1. The number of pyridine rings is 1. The maximum absolute atomic E-state index is 11.9. The molecule has 0 amide bonds. The van der Waals surface area contributed by atoms with Crippen LogP contribution in [0.1, 0.15) is 60.0 Å². The Morgan fingerprint density at radius 3 is 2.78 bits per heavy atom. The van der Waals surface area contributed by atoms with Crippen LogP contribution in [0.3, 0.4) is 0 Å². The number of carbonyl (C=O) groups is 1. The molecule has 0 saturated heterocycles. The monoisotopic (exact) mass is 434 g/mol. The first kappa shape index (κ1) is 21.7. The van der Waals surface area contributed by atoms with E-state index in [0.717, 1.165) is 47.8 Å². The highest BCUT2D eigenvalue weighted by atomic mass is 16.5. The van der Waals surface area contributed by atoms with Crippen molar-refractivity contribution in [2.75, 3.05) is 7.11 Å². The van der Waals surface area contributed by atoms with Crippen LogP contribution in [0.2, 0.25) is 0 Å². The van der Waals surface area contributed by atoms with Crippen molar-refractivity contribution in [3.63, 3.8) is 0 Å². The van der Waals surface area contributed by atoms with Crippen molar-refractivity contribution >= 4 is 16.7 Å². The van der Waals surface area contributed by atoms with Gasteiger partial charge in [0.2, 0.25) is 0 Å². The molecule has 1 atom stereocenters. The van der Waals surface area contributed by atoms with Gasteiger partial charge in [-0.3, -0.25) is 9.78 Å². The molecule has 8 heteroatoms. The SMILES string of the molecule is COc1cc2nc(C)ccc2cc1-c1cc(C(N)CCCCCC(=O)c2ccon2)no1. The molecule has 1 unspecified atom stereocenters. The van der Waals surface area contributed by atoms with Gasteiger partial charge in [-0.25, -0.2) is 0 Å². The van der Waals surface area contributed by atoms with Gasteiger partial charge in [0.15, 0.2) is 11.5 Å². The molecule has 3 heterocycles. The minimum absolute atomic E-state index is 0.00103. The third kappa shape index (κ3) is 4.86. The van der Waals surface area contributed by atoms with Crippen molar-refractivity contribution < 1.29 is 18.6 Å². The van der Waals surface area contributed by atoms with Crippen molar-refractivity contribution in [3.8, 4) is 17.1 Å². The van der Waals surface area contributed by atoms with Crippen molar-refractivity contribution in [2.45, 2.75) is 45.1 Å². The Morgan fingerprint density at radius 2 is 2.00 bits per heavy atom. The molecule has 0 aliphatic heterocycles. The zero-order chi connectivity index (χ0) is 22.5. The summed E-state index contributed by atoms with van der Waals surface area (Å²) in [6.45, 7) is 1.96. The van der Waals surface area contributed by atoms with Crippen molar-refractivity contribution in [1.82, 2.24) is 15.3 Å². The molecule has 166 valence electrons. The van der Waals surface area contributed by atoms with Crippen molar-refractivity contribution in [2.24, 2.45) is 5.73 Å². The van der Waals surface area contributed by atoms with Crippen LogP contribution < -0.4 is 10.5 Å². The number of fused-ring (bicyclic) bond motifs is 1. The van der Waals surface area contributed by atoms with E-state index in [1.54, 1.807) is 13.2 Å². The van der Waals surface area contributed by atoms with Crippen molar-refractivity contribution in [3.05, 3.63) is 59.7 Å². The second-order valence-electron chi connectivity index (χ2n) is 7.83. The molecule has 0 radical (unpaired) electrons. The van der Waals surface area contributed by atoms with Gasteiger partial charge in [0.25, 0.3) is 0 Å². The molecule has 8 nitrogen and oxygen atoms in total. The molecule has 3 aromatic heterocycles. The number of ketones is 1. The van der Waals surface area contributed by atoms with Crippen LogP contribution in [0.15, 0.2) is 51.7 Å². The number of hydrogen-bond donors (Lipinski definition) is 1. The maximum atomic E-state index is 11.9. The van der Waals surface area contributed by atoms with E-state index < -0.39 is 0 Å². The number of nitrogens with zero attached hydrogens (tertiary/aromatic N) is 3. The Morgan fingerprint density at radius 1 is 1.12 bits per heavy atom. The average molecular weight is 434 g/mol. The number of benzene rings is 1. The maximum Gasteiger partial charge on any atom is 0.184 e. The van der Waals surface area contributed by atoms with Gasteiger partial charge in [0.05, 0.1) is 24.2 Å². The molecule has 4 rings (SSSR count). The van der Waals surface area contributed by atoms with Gasteiger partial charge in [0.1, 0.15) is 23.4 Å². The topological polar surface area (TPSA) is 117 Å². The van der Waals surface area contributed by atoms with Crippen molar-refractivity contribution in [1.29, 1.82) is 0 Å². The van der Waals surface area contributed by atoms with Gasteiger partial charge in [-0.2, -0.15) is 0 Å². The Balaban J connectivity index is 1.36. The summed E-state index contributed by atoms with van der Waals surface area (Å²) in [6, 6.07) is 11.1. The highest BCUT2D eigenvalue weighted by Gasteiger charge is 2.17. The largest absolute Gasteiger partial charge is 0.496 e. The second-order valence-corrected chi connectivity index (χ2v) is 7.83. The summed E-state index contributed by atoms with van der Waals surface area (Å²) >= 11 is 0. The van der Waals surface area contributed by atoms with E-state index in [-0.39, 0.29) is 11.8 Å². The zero-order valence-electron chi connectivity index (χ0n) is 18.2. The average Bonchev–Trinajstić information content (AvgIpc) is 3.50. The quantitative estimate of drug-likeness (QED) is 0.273. The Bertz CT molecular complexity index is 1200. The number of ether oxygens (including phenoxy) is 1. The molecule has 0 spiro atoms. The third-order valence-corrected chi connectivity index (χ3v) is 5.47. The van der Waals surface area contributed by atoms with E-state index in [4.69, 9.17) is 19.5 Å². The molecule has 0 saturated carbocycles. The number of nitrogens with two attached hydrogens (primary N) is 1. The van der Waals surface area contributed by atoms with Crippen LogP contribution in [0, 0.1) is 6.92 Å². The van der Waals surface area contributed by atoms with E-state index in [9.17, 15) is 4.79 Å². The van der Waals surface area contributed by atoms with Crippen LogP contribution in [0.25, 0.3) is 22.2 Å². The Labute approximate surface area is 185 Å². The number of carbonyl (C=O) groups excluding carboxylic acids is 1. The lowest BCUT2D eigenvalue weighted by Crippen LogP contribution is -2.10. The van der Waals surface area contributed by atoms with Gasteiger partial charge in [-0.15, -0.1) is 0 Å². The first-order chi connectivity index (χ1) is 15.5. The van der Waals surface area contributed by atoms with E-state index in [2.05, 4.69) is 15.3 Å². The summed E-state index contributed by atoms with van der Waals surface area (Å²) < 4.78 is 15.9. The summed E-state index contributed by atoms with van der Waals surface area (Å²) in [5.41, 5.74) is 10.0. The lowest BCUT2D eigenvalue weighted by molar-refractivity contribution is 0.0970. The highest BCUT2D eigenvalue weighted by molar-refractivity contribution is 5.93. The van der Waals surface area contributed by atoms with Crippen LogP contribution in [-0.2, 0) is 0 Å². The highest BCUT2D eigenvalue weighted by Crippen LogP contribution is 2.35. The molecule has 2 N–H and O–H groups in total. The van der Waals surface area contributed by atoms with E-state index >= 15 is 0 Å². The fourth-order valence-corrected chi connectivity index (χ4v) is 3.66. The van der Waals surface area contributed by atoms with Gasteiger partial charge in [0, 0.05) is 35.7 Å². The number of aromatic nitrogens is 3. The number of hydrogen-bond acceptors (Lipinski definition) is 8. The smallest absolute Gasteiger partial charge is 0.184 e. The predicted octanol–water partition coefficient (Wildman–Crippen LogP) is 5.03. The summed E-state index contributed by atoms with van der Waals surface area (Å²) in [6.07, 6.45) is 5.18. The lowest BCUT2D eigenvalue weighted by atomic mass is 10.0. The number of unbranched alkanes of at least 4 members (excludes halogenated alkanes) is 2. The van der Waals surface area contributed by atoms with Gasteiger partial charge in [-0.05, 0) is 31.9 Å². The molecule has 1 aromatic carbocycles. The van der Waals surface area contributed by atoms with Crippen LogP contribution in [-0.4, -0.2) is 28.2 Å². The summed E-state index contributed by atoms with van der Waals surface area (Å²) in [5.74, 6) is 1.27. The van der Waals surface area contributed by atoms with Crippen LogP contribution >= 0.6 is 0 Å². The molecular formula is C24H26N4O4. The lowest BCUT2D eigenvalue weighted by Gasteiger charge is -2.08. The first-order valence-corrected chi connectivity index (χ1v) is 10.7. The van der Waals surface area contributed by atoms with Crippen LogP contribution in [0.4, 0.5) is 0 Å². The summed E-state index contributed by atoms with van der Waals surface area (Å²) in [4.78, 5) is 16.5. The first-order valence-electron chi connectivity index (χ1n) is 10.7. The fraction of sp³-hybridized carbons (Fsp3) is 0.333. The second kappa shape index (κ2) is 9.74. The molecule has 0 aliphatic carbocycles. The fourth-order valence-electron chi connectivity index (χ4n) is 3.66. The molecule has 4 aromatic rings. The van der Waals surface area contributed by atoms with E-state index in [1.807, 2.05) is 37.3 Å². The number of rotatable bonds is 10. The molecule has 0 aliphatic rings. The standard InChI is InChI=1S/C24H26N4O4/c1-15-8-9-16-12-17(23(30-2)13-20(16)26-15)24-14-21(28-32-24)18(25)6-4-3-5-7-22(29)19-10-11-31-27-19/h8-14,18H,3-7,25H2,1-2H3.